The molecule has 0 aliphatic carbocycles. The van der Waals surface area contributed by atoms with Crippen LogP contribution in [0.5, 0.6) is 51.7 Å². The number of carboxylic acids is 2. The predicted molar refractivity (Wildman–Crippen MR) is 366 cm³/mol. The number of nitrogens with one attached hydrogen (secondary N) is 3. The first-order chi connectivity index (χ1) is 55.4. The molecule has 0 saturated carbocycles. The molecular formula is C68H50Cl3F12N9O21. The van der Waals surface area contributed by atoms with Crippen molar-refractivity contribution in [3.8, 4) is 51.7 Å². The van der Waals surface area contributed by atoms with Crippen LogP contribution in [0.15, 0.2) is 142 Å². The van der Waals surface area contributed by atoms with Crippen molar-refractivity contribution in [2.45, 2.75) is 64.4 Å². The number of aliphatic hydroxyl groups is 1. The topological polar surface area (TPSA) is 395 Å². The highest BCUT2D eigenvalue weighted by molar-refractivity contribution is 6.33. The van der Waals surface area contributed by atoms with E-state index in [0.29, 0.717) is 62.6 Å². The zero-order valence-electron chi connectivity index (χ0n) is 62.1. The molecule has 9 aromatic rings. The van der Waals surface area contributed by atoms with Gasteiger partial charge in [0.15, 0.2) is 48.0 Å². The second-order valence-corrected chi connectivity index (χ2v) is 23.0. The van der Waals surface area contributed by atoms with E-state index in [2.05, 4.69) is 40.7 Å². The minimum atomic E-state index is -5.02. The van der Waals surface area contributed by atoms with Crippen LogP contribution in [0.2, 0.25) is 15.1 Å². The van der Waals surface area contributed by atoms with E-state index in [1.165, 1.54) is 7.11 Å². The predicted octanol–water partition coefficient (Wildman–Crippen LogP) is 13.0. The summed E-state index contributed by atoms with van der Waals surface area (Å²) in [6, 6.07) is 13.3. The first-order valence-electron chi connectivity index (χ1n) is 33.5. The molecule has 113 heavy (non-hydrogen) atoms. The quantitative estimate of drug-likeness (QED) is 0.0217. The van der Waals surface area contributed by atoms with Gasteiger partial charge in [-0.05, 0) is 72.8 Å². The number of carbonyl (C=O) groups excluding carboxylic acids is 5. The van der Waals surface area contributed by atoms with Crippen LogP contribution in [0.1, 0.15) is 81.7 Å². The Morgan fingerprint density at radius 2 is 0.717 bits per heavy atom. The van der Waals surface area contributed by atoms with Gasteiger partial charge < -0.3 is 69.2 Å². The first kappa shape index (κ1) is 78.2. The van der Waals surface area contributed by atoms with E-state index in [9.17, 15) is 101 Å². The molecule has 0 radical (unpaired) electrons. The number of alkyl halides is 9. The maximum atomic E-state index is 13.8. The Labute approximate surface area is 646 Å². The van der Waals surface area contributed by atoms with E-state index < -0.39 is 243 Å². The van der Waals surface area contributed by atoms with Crippen LogP contribution >= 0.6 is 34.8 Å². The fourth-order valence-corrected chi connectivity index (χ4v) is 9.51. The van der Waals surface area contributed by atoms with Crippen LogP contribution in [0.4, 0.5) is 69.7 Å². The number of nitrogens with zero attached hydrogens (tertiary/aromatic N) is 6. The molecule has 9 rings (SSSR count). The van der Waals surface area contributed by atoms with Crippen molar-refractivity contribution >= 4 is 93.5 Å². The van der Waals surface area contributed by atoms with E-state index in [4.69, 9.17) is 86.8 Å². The lowest BCUT2D eigenvalue weighted by Gasteiger charge is -2.17. The minimum absolute atomic E-state index is 0.175. The molecule has 3 heterocycles. The summed E-state index contributed by atoms with van der Waals surface area (Å²) >= 11 is 17.3. The number of ether oxygens (including phenoxy) is 8. The third kappa shape index (κ3) is 24.5. The molecule has 45 heteroatoms. The average Bonchev–Trinajstić information content (AvgIpc) is 0.766. The summed E-state index contributed by atoms with van der Waals surface area (Å²) in [5.41, 5.74) is -8.98. The Kier molecular flexibility index (Phi) is 26.4. The number of aliphatic hydroxyl groups excluding tert-OH is 1. The summed E-state index contributed by atoms with van der Waals surface area (Å²) in [7, 11) is -5.00. The Morgan fingerprint density at radius 1 is 0.425 bits per heavy atom. The van der Waals surface area contributed by atoms with E-state index in [0.717, 1.165) is 79.3 Å². The minimum Gasteiger partial charge on any atom is -0.493 e. The molecule has 0 fully saturated rings. The van der Waals surface area contributed by atoms with Crippen LogP contribution in [0.3, 0.4) is 0 Å². The third-order valence-electron chi connectivity index (χ3n) is 14.0. The maximum Gasteiger partial charge on any atom is 0.417 e. The number of hydrogen-bond acceptors (Lipinski definition) is 22. The lowest BCUT2D eigenvalue weighted by atomic mass is 10.1. The van der Waals surface area contributed by atoms with Crippen molar-refractivity contribution in [1.82, 2.24) is 29.3 Å². The highest BCUT2D eigenvalue weighted by atomic mass is 35.5. The van der Waals surface area contributed by atoms with Crippen molar-refractivity contribution < 1.29 is 148 Å². The Bertz CT molecular complexity index is 5550. The summed E-state index contributed by atoms with van der Waals surface area (Å²) in [6.45, 7) is -2.06. The molecule has 0 aliphatic rings. The number of amides is 3. The van der Waals surface area contributed by atoms with Gasteiger partial charge in [-0.1, -0.05) is 34.8 Å². The molecule has 0 atom stereocenters. The number of esters is 2. The zero-order chi connectivity index (χ0) is 88.6. The van der Waals surface area contributed by atoms with Gasteiger partial charge in [-0.3, -0.25) is 47.9 Å². The van der Waals surface area contributed by atoms with Crippen LogP contribution < -0.4 is 61.0 Å². The summed E-state index contributed by atoms with van der Waals surface area (Å²) in [6.07, 6.45) is -13.9. The fraction of sp³-hybridized carbons (Fsp3) is 0.191. The van der Waals surface area contributed by atoms with Gasteiger partial charge in [0.05, 0.1) is 139 Å². The lowest BCUT2D eigenvalue weighted by Crippen LogP contribution is -2.26. The normalized spacial score (nSPS) is 12.1. The molecule has 3 aromatic heterocycles. The molecule has 30 nitrogen and oxygen atoms in total. The van der Waals surface area contributed by atoms with Gasteiger partial charge >= 0.3 is 42.4 Å². The molecule has 0 bridgehead atoms. The number of carbonyl (C=O) groups is 7. The number of hydrogen-bond donors (Lipinski definition) is 6. The van der Waals surface area contributed by atoms with E-state index in [-0.39, 0.29) is 28.6 Å². The Morgan fingerprint density at radius 3 is 0.973 bits per heavy atom. The number of aromatic nitrogens is 6. The molecule has 6 aromatic carbocycles. The fourth-order valence-electron chi connectivity index (χ4n) is 8.70. The van der Waals surface area contributed by atoms with E-state index in [1.807, 2.05) is 0 Å². The highest BCUT2D eigenvalue weighted by Crippen LogP contribution is 2.45. The number of methoxy groups -OCH3 is 3. The van der Waals surface area contributed by atoms with Crippen molar-refractivity contribution in [3.63, 3.8) is 0 Å². The number of rotatable bonds is 26. The maximum absolute atomic E-state index is 13.8. The number of anilines is 3. The first-order valence-corrected chi connectivity index (χ1v) is 31.6. The number of halogens is 15. The lowest BCUT2D eigenvalue weighted by molar-refractivity contribution is -0.151. The summed E-state index contributed by atoms with van der Waals surface area (Å²) in [5.74, 6) is -15.2. The van der Waals surface area contributed by atoms with Crippen LogP contribution in [-0.4, -0.2) is 107 Å². The summed E-state index contributed by atoms with van der Waals surface area (Å²) < 4.78 is 248. The summed E-state index contributed by atoms with van der Waals surface area (Å²) in [5, 5.41) is 41.2. The zero-order valence-corrected chi connectivity index (χ0v) is 58.4. The SMILES string of the molecule is COc1cc(F)ccc1Oc1cc(C(F)(F)F)c(Cl)cc1C(=O)Nc1cnn(COC(=O)CCC(=O)O)c(=O)c1.[2H]C([2H])([2H])Oc1cc(F)ccc1Oc1cc(C(F)(F)F)c(Cl)cc1C(=O)Nc1cnn(CO)c(=O)c1.[2H]C([2H])([2H])Oc1cc(F)ccc1Oc1cc(C(F)(F)F)c(Cl)cc1C(=O)Nc1cnn(COC(=O)CCC(=O)O)c(=O)c1. The number of benzene rings is 6. The molecule has 3 amide bonds. The van der Waals surface area contributed by atoms with Gasteiger partial charge in [0.2, 0.25) is 0 Å². The summed E-state index contributed by atoms with van der Waals surface area (Å²) in [4.78, 5) is 120. The Balaban J connectivity index is 0.000000247. The number of aliphatic carboxylic acids is 2. The van der Waals surface area contributed by atoms with Gasteiger partial charge in [-0.2, -0.15) is 64.2 Å². The smallest absolute Gasteiger partial charge is 0.417 e. The van der Waals surface area contributed by atoms with E-state index >= 15 is 0 Å². The third-order valence-corrected chi connectivity index (χ3v) is 14.9. The van der Waals surface area contributed by atoms with Gasteiger partial charge in [0, 0.05) is 36.4 Å². The molecule has 0 aliphatic heterocycles. The van der Waals surface area contributed by atoms with Crippen LogP contribution in [0.25, 0.3) is 0 Å². The van der Waals surface area contributed by atoms with Gasteiger partial charge in [0.1, 0.15) is 41.4 Å². The number of carboxylic acid groups (broad SMARTS) is 2. The second kappa shape index (κ2) is 38.1. The molecule has 0 unspecified atom stereocenters. The molecule has 598 valence electrons. The van der Waals surface area contributed by atoms with Crippen LogP contribution in [0, 0.1) is 17.5 Å². The molecule has 6 N–H and O–H groups in total. The van der Waals surface area contributed by atoms with Gasteiger partial charge in [-0.15, -0.1) is 0 Å². The standard InChI is InChI=1S/2C24H18ClF4N3O8.C20H14ClF4N3O5/c2*1-38-19-6-12(26)2-3-17(19)40-18-9-15(24(27,28)29)16(25)8-14(18)23(37)31-13-7-20(33)32(30-10-13)11-39-22(36)5-4-21(34)35;1-32-17-4-10(22)2-3-15(17)33-16-7-13(20(23,24)25)14(21)6-12(16)19(31)27-11-5-18(30)28(9-29)26-8-11/h2*2-3,6-10H,4-5,11H2,1H3,(H,31,37)(H,34,35);2-8,29H,9H2,1H3,(H,27,31)/i1D3;;1D3. The molecular weight excluding hydrogens is 1610 g/mol. The van der Waals surface area contributed by atoms with E-state index in [1.54, 1.807) is 0 Å². The van der Waals surface area contributed by atoms with Crippen molar-refractivity contribution in [1.29, 1.82) is 0 Å². The average molecular weight is 1670 g/mol. The monoisotopic (exact) mass is 1670 g/mol. The van der Waals surface area contributed by atoms with Gasteiger partial charge in [-0.25, -0.2) is 17.9 Å². The van der Waals surface area contributed by atoms with Crippen molar-refractivity contribution in [3.05, 3.63) is 225 Å². The highest BCUT2D eigenvalue weighted by Gasteiger charge is 2.38. The molecule has 0 saturated heterocycles. The Hall–Kier alpha value is -13.0. The van der Waals surface area contributed by atoms with Gasteiger partial charge in [0.25, 0.3) is 34.4 Å². The second-order valence-electron chi connectivity index (χ2n) is 21.8. The molecule has 0 spiro atoms. The van der Waals surface area contributed by atoms with Crippen molar-refractivity contribution in [2.75, 3.05) is 37.1 Å². The largest absolute Gasteiger partial charge is 0.493 e. The van der Waals surface area contributed by atoms with Crippen molar-refractivity contribution in [2.24, 2.45) is 0 Å². The van der Waals surface area contributed by atoms with Crippen LogP contribution in [-0.2, 0) is 67.4 Å².